The number of rotatable bonds is 4. The summed E-state index contributed by atoms with van der Waals surface area (Å²) in [6, 6.07) is 12.6. The average molecular weight is 262 g/mol. The van der Waals surface area contributed by atoms with Crippen LogP contribution in [0.5, 0.6) is 11.5 Å². The lowest BCUT2D eigenvalue weighted by Gasteiger charge is -2.09. The van der Waals surface area contributed by atoms with Crippen molar-refractivity contribution in [2.24, 2.45) is 0 Å². The van der Waals surface area contributed by atoms with Gasteiger partial charge in [0.1, 0.15) is 11.5 Å². The zero-order valence-corrected chi connectivity index (χ0v) is 9.97. The van der Waals surface area contributed by atoms with E-state index in [2.05, 4.69) is 0 Å². The SMILES string of the molecule is OC(O)c1ccc(Oc2ccc(C(O)O)cc2)cc1. The van der Waals surface area contributed by atoms with E-state index in [-0.39, 0.29) is 0 Å². The maximum absolute atomic E-state index is 8.95. The average Bonchev–Trinajstić information content (AvgIpc) is 2.40. The van der Waals surface area contributed by atoms with Crippen molar-refractivity contribution in [3.63, 3.8) is 0 Å². The summed E-state index contributed by atoms with van der Waals surface area (Å²) in [6.45, 7) is 0. The first kappa shape index (κ1) is 13.5. The third-order valence-electron chi connectivity index (χ3n) is 2.59. The summed E-state index contributed by atoms with van der Waals surface area (Å²) in [4.78, 5) is 0. The molecule has 0 aromatic heterocycles. The highest BCUT2D eigenvalue weighted by Gasteiger charge is 2.04. The van der Waals surface area contributed by atoms with Crippen molar-refractivity contribution in [1.29, 1.82) is 0 Å². The topological polar surface area (TPSA) is 90.2 Å². The molecule has 0 saturated carbocycles. The van der Waals surface area contributed by atoms with E-state index in [1.807, 2.05) is 0 Å². The Kier molecular flexibility index (Phi) is 4.13. The Morgan fingerprint density at radius 2 is 0.895 bits per heavy atom. The van der Waals surface area contributed by atoms with Crippen LogP contribution in [0.4, 0.5) is 0 Å². The van der Waals surface area contributed by atoms with Gasteiger partial charge < -0.3 is 25.2 Å². The van der Waals surface area contributed by atoms with Gasteiger partial charge in [-0.05, 0) is 24.3 Å². The predicted molar refractivity (Wildman–Crippen MR) is 67.3 cm³/mol. The highest BCUT2D eigenvalue weighted by molar-refractivity contribution is 5.34. The molecule has 100 valence electrons. The number of hydrogen-bond donors (Lipinski definition) is 4. The molecule has 0 heterocycles. The molecule has 0 aliphatic heterocycles. The van der Waals surface area contributed by atoms with Gasteiger partial charge in [0.15, 0.2) is 12.6 Å². The molecule has 0 saturated heterocycles. The molecule has 0 amide bonds. The maximum Gasteiger partial charge on any atom is 0.178 e. The molecule has 2 aromatic carbocycles. The minimum Gasteiger partial charge on any atom is -0.457 e. The molecule has 5 heteroatoms. The largest absolute Gasteiger partial charge is 0.457 e. The molecule has 0 spiro atoms. The Bertz CT molecular complexity index is 467. The number of hydrogen-bond acceptors (Lipinski definition) is 5. The summed E-state index contributed by atoms with van der Waals surface area (Å²) < 4.78 is 5.52. The Morgan fingerprint density at radius 1 is 0.579 bits per heavy atom. The van der Waals surface area contributed by atoms with Crippen molar-refractivity contribution in [1.82, 2.24) is 0 Å². The van der Waals surface area contributed by atoms with Gasteiger partial charge in [-0.25, -0.2) is 0 Å². The van der Waals surface area contributed by atoms with Crippen LogP contribution in [0.15, 0.2) is 48.5 Å². The summed E-state index contributed by atoms with van der Waals surface area (Å²) >= 11 is 0. The van der Waals surface area contributed by atoms with E-state index >= 15 is 0 Å². The van der Waals surface area contributed by atoms with Crippen LogP contribution in [-0.2, 0) is 0 Å². The third kappa shape index (κ3) is 3.52. The molecule has 5 nitrogen and oxygen atoms in total. The standard InChI is InChI=1S/C14H14O5/c15-13(16)9-1-5-11(6-2-9)19-12-7-3-10(4-8-12)14(17)18/h1-8,13-18H. The summed E-state index contributed by atoms with van der Waals surface area (Å²) in [6.07, 6.45) is -3.00. The van der Waals surface area contributed by atoms with Crippen molar-refractivity contribution in [2.45, 2.75) is 12.6 Å². The van der Waals surface area contributed by atoms with E-state index in [4.69, 9.17) is 25.2 Å². The summed E-state index contributed by atoms with van der Waals surface area (Å²) in [5.41, 5.74) is 0.761. The smallest absolute Gasteiger partial charge is 0.178 e. The molecule has 19 heavy (non-hydrogen) atoms. The van der Waals surface area contributed by atoms with Gasteiger partial charge in [0.25, 0.3) is 0 Å². The van der Waals surface area contributed by atoms with Gasteiger partial charge in [-0.15, -0.1) is 0 Å². The van der Waals surface area contributed by atoms with E-state index in [0.717, 1.165) is 0 Å². The lowest BCUT2D eigenvalue weighted by atomic mass is 10.2. The molecular formula is C14H14O5. The molecule has 0 fully saturated rings. The lowest BCUT2D eigenvalue weighted by molar-refractivity contribution is -0.0430. The first-order valence-corrected chi connectivity index (χ1v) is 5.66. The fraction of sp³-hybridized carbons (Fsp3) is 0.143. The number of benzene rings is 2. The monoisotopic (exact) mass is 262 g/mol. The Balaban J connectivity index is 2.08. The zero-order chi connectivity index (χ0) is 13.8. The second kappa shape index (κ2) is 5.81. The Hall–Kier alpha value is -1.92. The lowest BCUT2D eigenvalue weighted by Crippen LogP contribution is -1.95. The van der Waals surface area contributed by atoms with Gasteiger partial charge in [-0.1, -0.05) is 24.3 Å². The molecule has 2 rings (SSSR count). The van der Waals surface area contributed by atoms with Crippen LogP contribution in [0.25, 0.3) is 0 Å². The Labute approximate surface area is 110 Å². The van der Waals surface area contributed by atoms with Crippen LogP contribution in [-0.4, -0.2) is 20.4 Å². The number of aliphatic hydroxyl groups is 4. The molecule has 0 radical (unpaired) electrons. The van der Waals surface area contributed by atoms with Gasteiger partial charge in [0.05, 0.1) is 0 Å². The summed E-state index contributed by atoms with van der Waals surface area (Å²) in [5.74, 6) is 1.09. The summed E-state index contributed by atoms with van der Waals surface area (Å²) in [5, 5.41) is 35.8. The zero-order valence-electron chi connectivity index (χ0n) is 9.97. The normalized spacial score (nSPS) is 11.1. The van der Waals surface area contributed by atoms with Crippen molar-refractivity contribution >= 4 is 0 Å². The molecule has 4 N–H and O–H groups in total. The molecule has 2 aromatic rings. The highest BCUT2D eigenvalue weighted by Crippen LogP contribution is 2.24. The van der Waals surface area contributed by atoms with E-state index in [1.54, 1.807) is 48.5 Å². The van der Waals surface area contributed by atoms with Gasteiger partial charge in [-0.3, -0.25) is 0 Å². The first-order valence-electron chi connectivity index (χ1n) is 5.66. The number of aliphatic hydroxyl groups excluding tert-OH is 2. The third-order valence-corrected chi connectivity index (χ3v) is 2.59. The van der Waals surface area contributed by atoms with Crippen molar-refractivity contribution in [3.05, 3.63) is 59.7 Å². The van der Waals surface area contributed by atoms with Crippen molar-refractivity contribution in [3.8, 4) is 11.5 Å². The minimum absolute atomic E-state index is 0.381. The van der Waals surface area contributed by atoms with Gasteiger partial charge in [-0.2, -0.15) is 0 Å². The molecule has 0 aliphatic rings. The minimum atomic E-state index is -1.50. The molecular weight excluding hydrogens is 248 g/mol. The second-order valence-corrected chi connectivity index (χ2v) is 3.99. The molecule has 0 atom stereocenters. The van der Waals surface area contributed by atoms with Gasteiger partial charge in [0.2, 0.25) is 0 Å². The number of ether oxygens (including phenoxy) is 1. The van der Waals surface area contributed by atoms with Gasteiger partial charge in [0, 0.05) is 11.1 Å². The van der Waals surface area contributed by atoms with E-state index in [9.17, 15) is 0 Å². The van der Waals surface area contributed by atoms with Crippen molar-refractivity contribution in [2.75, 3.05) is 0 Å². The highest BCUT2D eigenvalue weighted by atomic mass is 16.5. The van der Waals surface area contributed by atoms with E-state index in [1.165, 1.54) is 0 Å². The van der Waals surface area contributed by atoms with E-state index in [0.29, 0.717) is 22.6 Å². The molecule has 0 aliphatic carbocycles. The maximum atomic E-state index is 8.95. The predicted octanol–water partition coefficient (Wildman–Crippen LogP) is 1.45. The van der Waals surface area contributed by atoms with Crippen molar-refractivity contribution < 1.29 is 25.2 Å². The van der Waals surface area contributed by atoms with Crippen LogP contribution in [0.1, 0.15) is 23.7 Å². The van der Waals surface area contributed by atoms with Crippen LogP contribution in [0.2, 0.25) is 0 Å². The summed E-state index contributed by atoms with van der Waals surface area (Å²) in [7, 11) is 0. The first-order chi connectivity index (χ1) is 9.06. The second-order valence-electron chi connectivity index (χ2n) is 3.99. The fourth-order valence-corrected chi connectivity index (χ4v) is 1.55. The van der Waals surface area contributed by atoms with Crippen LogP contribution < -0.4 is 4.74 Å². The van der Waals surface area contributed by atoms with Crippen LogP contribution in [0.3, 0.4) is 0 Å². The van der Waals surface area contributed by atoms with Crippen LogP contribution in [0, 0.1) is 0 Å². The van der Waals surface area contributed by atoms with Crippen LogP contribution >= 0.6 is 0 Å². The quantitative estimate of drug-likeness (QED) is 0.626. The van der Waals surface area contributed by atoms with Gasteiger partial charge >= 0.3 is 0 Å². The van der Waals surface area contributed by atoms with E-state index < -0.39 is 12.6 Å². The molecule has 0 bridgehead atoms. The molecule has 0 unspecified atom stereocenters. The fourth-order valence-electron chi connectivity index (χ4n) is 1.55. The Morgan fingerprint density at radius 3 is 1.16 bits per heavy atom.